The molecule has 2 bridgehead atoms. The van der Waals surface area contributed by atoms with Gasteiger partial charge in [0, 0.05) is 12.5 Å². The summed E-state index contributed by atoms with van der Waals surface area (Å²) in [6.45, 7) is 20.2. The number of aliphatic hydroxyl groups excluding tert-OH is 1. The Morgan fingerprint density at radius 2 is 1.89 bits per heavy atom. The molecule has 0 saturated carbocycles. The number of hydrogen-bond acceptors (Lipinski definition) is 7. The zero-order chi connectivity index (χ0) is 32.1. The van der Waals surface area contributed by atoms with Crippen molar-refractivity contribution in [2.75, 3.05) is 6.61 Å². The SMILES string of the molecule is C=C1C[C@H](C)C[C@@H]2CC=C[C@@H](C/C=C\C(=O)O[C@H](C(/C=C/[C@@H]3CC(C)=CCO3)O[Si](C)(C)C(C)(C)C)C[C@H]3O[C@@H]3[C@H](O)C1)O2. The number of esters is 1. The molecular weight excluding hydrogens is 572 g/mol. The fraction of sp³-hybridized carbons (Fsp3) is 0.694. The molecule has 0 aliphatic carbocycles. The van der Waals surface area contributed by atoms with Crippen molar-refractivity contribution >= 4 is 14.3 Å². The largest absolute Gasteiger partial charge is 0.456 e. The van der Waals surface area contributed by atoms with Crippen LogP contribution in [0.5, 0.6) is 0 Å². The maximum absolute atomic E-state index is 13.3. The molecule has 4 heterocycles. The fourth-order valence-electron chi connectivity index (χ4n) is 6.07. The van der Waals surface area contributed by atoms with Crippen LogP contribution in [0.15, 0.2) is 60.3 Å². The average molecular weight is 629 g/mol. The molecule has 0 radical (unpaired) electrons. The Bertz CT molecular complexity index is 1120. The van der Waals surface area contributed by atoms with Gasteiger partial charge in [-0.25, -0.2) is 4.79 Å². The third kappa shape index (κ3) is 10.4. The van der Waals surface area contributed by atoms with Crippen molar-refractivity contribution in [3.63, 3.8) is 0 Å². The van der Waals surface area contributed by atoms with Gasteiger partial charge in [0.15, 0.2) is 8.32 Å². The summed E-state index contributed by atoms with van der Waals surface area (Å²) in [6, 6.07) is 0. The second kappa shape index (κ2) is 15.2. The lowest BCUT2D eigenvalue weighted by Crippen LogP contribution is -2.47. The van der Waals surface area contributed by atoms with Crippen molar-refractivity contribution in [1.29, 1.82) is 0 Å². The molecule has 1 unspecified atom stereocenters. The van der Waals surface area contributed by atoms with Gasteiger partial charge >= 0.3 is 5.97 Å². The van der Waals surface area contributed by atoms with Gasteiger partial charge in [-0.3, -0.25) is 0 Å². The van der Waals surface area contributed by atoms with E-state index < -0.39 is 32.6 Å². The predicted octanol–water partition coefficient (Wildman–Crippen LogP) is 7.13. The van der Waals surface area contributed by atoms with Crippen molar-refractivity contribution in [3.05, 3.63) is 60.3 Å². The molecule has 8 heteroatoms. The number of rotatable bonds is 5. The van der Waals surface area contributed by atoms with Crippen LogP contribution in [0.4, 0.5) is 0 Å². The minimum atomic E-state index is -2.27. The van der Waals surface area contributed by atoms with Crippen LogP contribution < -0.4 is 0 Å². The van der Waals surface area contributed by atoms with Gasteiger partial charge in [0.1, 0.15) is 18.3 Å². The molecule has 0 amide bonds. The Morgan fingerprint density at radius 1 is 1.11 bits per heavy atom. The highest BCUT2D eigenvalue weighted by Gasteiger charge is 2.48. The third-order valence-electron chi connectivity index (χ3n) is 9.66. The maximum Gasteiger partial charge on any atom is 0.330 e. The molecule has 44 heavy (non-hydrogen) atoms. The van der Waals surface area contributed by atoms with Crippen LogP contribution in [0.2, 0.25) is 18.1 Å². The van der Waals surface area contributed by atoms with Crippen molar-refractivity contribution in [1.82, 2.24) is 0 Å². The predicted molar refractivity (Wildman–Crippen MR) is 177 cm³/mol. The molecule has 7 nitrogen and oxygen atoms in total. The highest BCUT2D eigenvalue weighted by molar-refractivity contribution is 6.74. The van der Waals surface area contributed by atoms with E-state index >= 15 is 0 Å². The van der Waals surface area contributed by atoms with Gasteiger partial charge in [-0.05, 0) is 69.5 Å². The Hall–Kier alpha value is -1.81. The summed E-state index contributed by atoms with van der Waals surface area (Å²) in [7, 11) is -2.27. The number of aliphatic hydroxyl groups is 1. The molecule has 0 aromatic carbocycles. The molecule has 0 aromatic rings. The Balaban J connectivity index is 1.59. The Kier molecular flexibility index (Phi) is 12.1. The standard InChI is InChI=1S/C36H56O7Si/c1-24-17-18-39-28(20-24)15-16-31(43-44(7,8)36(4,5)6)32-23-33-35(42-33)30(37)22-26(3)19-25(2)21-29-13-9-11-27(40-29)12-10-14-34(38)41-32/h9-11,14-17,25,27-33,35,37H,3,12-13,18-23H2,1-2,4-8H3/b14-10-,16-15+/t25-,27-,28+,29-,30+,31?,32-,33+,35+/m0/s1. The second-order valence-electron chi connectivity index (χ2n) is 14.9. The van der Waals surface area contributed by atoms with Crippen LogP contribution in [-0.2, 0) is 28.2 Å². The quantitative estimate of drug-likeness (QED) is 0.150. The topological polar surface area (TPSA) is 86.8 Å². The lowest BCUT2D eigenvalue weighted by atomic mass is 9.91. The first kappa shape index (κ1) is 35.0. The number of fused-ring (bicyclic) bond motifs is 3. The normalized spacial score (nSPS) is 36.0. The number of carbonyl (C=O) groups is 1. The summed E-state index contributed by atoms with van der Waals surface area (Å²) < 4.78 is 31.4. The molecule has 4 aliphatic rings. The first-order chi connectivity index (χ1) is 20.7. The smallest absolute Gasteiger partial charge is 0.330 e. The summed E-state index contributed by atoms with van der Waals surface area (Å²) in [4.78, 5) is 13.3. The summed E-state index contributed by atoms with van der Waals surface area (Å²) in [5.74, 6) is -0.0267. The third-order valence-corrected chi connectivity index (χ3v) is 14.1. The van der Waals surface area contributed by atoms with Gasteiger partial charge in [0.2, 0.25) is 0 Å². The zero-order valence-corrected chi connectivity index (χ0v) is 29.0. The molecule has 4 rings (SSSR count). The molecule has 0 aromatic heterocycles. The Morgan fingerprint density at radius 3 is 2.61 bits per heavy atom. The van der Waals surface area contributed by atoms with E-state index in [9.17, 15) is 9.90 Å². The number of hydrogen-bond donors (Lipinski definition) is 1. The highest BCUT2D eigenvalue weighted by Crippen LogP contribution is 2.40. The summed E-state index contributed by atoms with van der Waals surface area (Å²) in [6.07, 6.45) is 16.5. The highest BCUT2D eigenvalue weighted by atomic mass is 28.4. The molecule has 4 aliphatic heterocycles. The molecule has 9 atom stereocenters. The van der Waals surface area contributed by atoms with Crippen LogP contribution in [0.3, 0.4) is 0 Å². The van der Waals surface area contributed by atoms with Gasteiger partial charge in [-0.2, -0.15) is 0 Å². The first-order valence-electron chi connectivity index (χ1n) is 16.5. The van der Waals surface area contributed by atoms with Gasteiger partial charge in [0.25, 0.3) is 0 Å². The van der Waals surface area contributed by atoms with Gasteiger partial charge in [0.05, 0.1) is 37.1 Å². The fourth-order valence-corrected chi connectivity index (χ4v) is 7.34. The minimum Gasteiger partial charge on any atom is -0.456 e. The lowest BCUT2D eigenvalue weighted by Gasteiger charge is -2.40. The average Bonchev–Trinajstić information content (AvgIpc) is 3.69. The van der Waals surface area contributed by atoms with Crippen LogP contribution in [0, 0.1) is 5.92 Å². The van der Waals surface area contributed by atoms with Gasteiger partial charge in [-0.1, -0.05) is 81.9 Å². The molecular formula is C36H56O7Si. The van der Waals surface area contributed by atoms with E-state index in [1.807, 2.05) is 12.2 Å². The molecule has 1 N–H and O–H groups in total. The van der Waals surface area contributed by atoms with Crippen LogP contribution in [-0.4, -0.2) is 74.8 Å². The number of epoxide rings is 1. The zero-order valence-electron chi connectivity index (χ0n) is 28.0. The van der Waals surface area contributed by atoms with E-state index in [0.29, 0.717) is 31.8 Å². The molecule has 0 spiro atoms. The van der Waals surface area contributed by atoms with Crippen molar-refractivity contribution in [2.45, 2.75) is 147 Å². The summed E-state index contributed by atoms with van der Waals surface area (Å²) in [5, 5.41) is 11.0. The Labute approximate surface area is 266 Å². The molecule has 1 fully saturated rings. The lowest BCUT2D eigenvalue weighted by molar-refractivity contribution is -0.147. The molecule has 246 valence electrons. The molecule has 1 saturated heterocycles. The van der Waals surface area contributed by atoms with E-state index in [1.165, 1.54) is 11.6 Å². The van der Waals surface area contributed by atoms with E-state index in [1.54, 1.807) is 0 Å². The van der Waals surface area contributed by atoms with Crippen LogP contribution >= 0.6 is 0 Å². The van der Waals surface area contributed by atoms with E-state index in [2.05, 4.69) is 78.6 Å². The number of cyclic esters (lactones) is 1. The first-order valence-corrected chi connectivity index (χ1v) is 19.4. The van der Waals surface area contributed by atoms with Gasteiger partial charge < -0.3 is 28.5 Å². The van der Waals surface area contributed by atoms with Crippen molar-refractivity contribution in [2.24, 2.45) is 5.92 Å². The van der Waals surface area contributed by atoms with Crippen molar-refractivity contribution in [3.8, 4) is 0 Å². The van der Waals surface area contributed by atoms with E-state index in [-0.39, 0.29) is 35.6 Å². The van der Waals surface area contributed by atoms with Crippen LogP contribution in [0.1, 0.15) is 79.6 Å². The number of carbonyl (C=O) groups excluding carboxylic acids is 1. The van der Waals surface area contributed by atoms with Gasteiger partial charge in [-0.15, -0.1) is 0 Å². The maximum atomic E-state index is 13.3. The van der Waals surface area contributed by atoms with Crippen molar-refractivity contribution < 1.29 is 33.3 Å². The monoisotopic (exact) mass is 628 g/mol. The second-order valence-corrected chi connectivity index (χ2v) is 19.6. The summed E-state index contributed by atoms with van der Waals surface area (Å²) >= 11 is 0. The minimum absolute atomic E-state index is 0.0448. The van der Waals surface area contributed by atoms with E-state index in [4.69, 9.17) is 23.4 Å². The number of ether oxygens (including phenoxy) is 4. The summed E-state index contributed by atoms with van der Waals surface area (Å²) in [5.41, 5.74) is 2.32. The van der Waals surface area contributed by atoms with Crippen LogP contribution in [0.25, 0.3) is 0 Å². The van der Waals surface area contributed by atoms with E-state index in [0.717, 1.165) is 31.3 Å².